The topological polar surface area (TPSA) is 32.3 Å². The number of β-amino-alcohol motifs (C(OH)–C–C–N with tert-alkyl or cyclic N) is 1. The van der Waals surface area contributed by atoms with E-state index in [1.165, 1.54) is 5.56 Å². The lowest BCUT2D eigenvalue weighted by Gasteiger charge is -2.16. The number of benzene rings is 1. The van der Waals surface area contributed by atoms with Gasteiger partial charge < -0.3 is 10.4 Å². The summed E-state index contributed by atoms with van der Waals surface area (Å²) in [4.78, 5) is 0. The van der Waals surface area contributed by atoms with Gasteiger partial charge in [0.2, 0.25) is 0 Å². The predicted octanol–water partition coefficient (Wildman–Crippen LogP) is 1.98. The monoisotopic (exact) mass is 207 g/mol. The third kappa shape index (κ3) is 5.55. The number of aryl methyl sites for hydroxylation is 1. The van der Waals surface area contributed by atoms with Crippen LogP contribution in [0.25, 0.3) is 0 Å². The van der Waals surface area contributed by atoms with Crippen LogP contribution in [0.2, 0.25) is 0 Å². The third-order valence-corrected chi connectivity index (χ3v) is 2.52. The molecule has 2 nitrogen and oxygen atoms in total. The Balaban J connectivity index is 0.000000151. The van der Waals surface area contributed by atoms with Crippen LogP contribution in [-0.2, 0) is 6.42 Å². The summed E-state index contributed by atoms with van der Waals surface area (Å²) in [5.74, 6) is 0. The second kappa shape index (κ2) is 7.43. The standard InChI is InChI=1S/C8H10.C5H11NO/c1-2-8-6-4-3-5-7-8;7-5-2-1-3-6-4-5/h3-7H,2H2,1H3;5-7H,1-4H2. The molecule has 0 spiro atoms. The lowest BCUT2D eigenvalue weighted by molar-refractivity contribution is 0.142. The maximum atomic E-state index is 8.85. The van der Waals surface area contributed by atoms with Crippen LogP contribution in [0.1, 0.15) is 25.3 Å². The summed E-state index contributed by atoms with van der Waals surface area (Å²) in [6.45, 7) is 4.03. The molecule has 0 aromatic heterocycles. The van der Waals surface area contributed by atoms with Crippen molar-refractivity contribution in [2.24, 2.45) is 0 Å². The molecule has 1 fully saturated rings. The molecule has 1 unspecified atom stereocenters. The first-order valence-corrected chi connectivity index (χ1v) is 5.75. The fourth-order valence-electron chi connectivity index (χ4n) is 1.55. The molecule has 2 rings (SSSR count). The number of nitrogens with one attached hydrogen (secondary N) is 1. The zero-order valence-corrected chi connectivity index (χ0v) is 9.45. The fraction of sp³-hybridized carbons (Fsp3) is 0.538. The molecular weight excluding hydrogens is 186 g/mol. The third-order valence-electron chi connectivity index (χ3n) is 2.52. The van der Waals surface area contributed by atoms with E-state index in [2.05, 4.69) is 36.5 Å². The SMILES string of the molecule is CCc1ccccc1.OC1CCCNC1. The molecule has 0 aliphatic carbocycles. The molecule has 0 saturated carbocycles. The van der Waals surface area contributed by atoms with E-state index >= 15 is 0 Å². The minimum atomic E-state index is -0.0752. The van der Waals surface area contributed by atoms with Crippen molar-refractivity contribution in [2.45, 2.75) is 32.3 Å². The van der Waals surface area contributed by atoms with E-state index in [9.17, 15) is 0 Å². The van der Waals surface area contributed by atoms with Crippen LogP contribution in [0, 0.1) is 0 Å². The number of hydrogen-bond donors (Lipinski definition) is 2. The van der Waals surface area contributed by atoms with Gasteiger partial charge in [0.05, 0.1) is 6.10 Å². The second-order valence-electron chi connectivity index (χ2n) is 3.84. The molecule has 1 atom stereocenters. The van der Waals surface area contributed by atoms with Crippen LogP contribution in [-0.4, -0.2) is 24.3 Å². The van der Waals surface area contributed by atoms with Gasteiger partial charge in [0.25, 0.3) is 0 Å². The maximum Gasteiger partial charge on any atom is 0.0665 e. The Morgan fingerprint density at radius 2 is 2.07 bits per heavy atom. The minimum Gasteiger partial charge on any atom is -0.392 e. The van der Waals surface area contributed by atoms with Crippen molar-refractivity contribution in [3.8, 4) is 0 Å². The van der Waals surface area contributed by atoms with Crippen molar-refractivity contribution in [3.63, 3.8) is 0 Å². The van der Waals surface area contributed by atoms with Crippen molar-refractivity contribution in [2.75, 3.05) is 13.1 Å². The summed E-state index contributed by atoms with van der Waals surface area (Å²) in [5.41, 5.74) is 1.41. The summed E-state index contributed by atoms with van der Waals surface area (Å²) in [6, 6.07) is 10.5. The molecule has 1 heterocycles. The first-order valence-electron chi connectivity index (χ1n) is 5.75. The first-order chi connectivity index (χ1) is 7.33. The number of piperidine rings is 1. The molecule has 1 aromatic rings. The highest BCUT2D eigenvalue weighted by atomic mass is 16.3. The Hall–Kier alpha value is -0.860. The van der Waals surface area contributed by atoms with E-state index in [0.29, 0.717) is 0 Å². The Bertz CT molecular complexity index is 242. The van der Waals surface area contributed by atoms with Crippen LogP contribution >= 0.6 is 0 Å². The summed E-state index contributed by atoms with van der Waals surface area (Å²) in [6.07, 6.45) is 3.17. The van der Waals surface area contributed by atoms with E-state index < -0.39 is 0 Å². The van der Waals surface area contributed by atoms with E-state index in [1.807, 2.05) is 6.07 Å². The van der Waals surface area contributed by atoms with Gasteiger partial charge in [-0.2, -0.15) is 0 Å². The lowest BCUT2D eigenvalue weighted by Crippen LogP contribution is -2.33. The zero-order chi connectivity index (χ0) is 10.9. The largest absolute Gasteiger partial charge is 0.392 e. The normalized spacial score (nSPS) is 20.3. The van der Waals surface area contributed by atoms with E-state index in [4.69, 9.17) is 5.11 Å². The summed E-state index contributed by atoms with van der Waals surface area (Å²) >= 11 is 0. The highest BCUT2D eigenvalue weighted by molar-refractivity contribution is 5.13. The van der Waals surface area contributed by atoms with Crippen LogP contribution in [0.15, 0.2) is 30.3 Å². The number of hydrogen-bond acceptors (Lipinski definition) is 2. The van der Waals surface area contributed by atoms with Gasteiger partial charge in [0.1, 0.15) is 0 Å². The average Bonchev–Trinajstić information content (AvgIpc) is 2.32. The molecular formula is C13H21NO. The van der Waals surface area contributed by atoms with Gasteiger partial charge in [-0.05, 0) is 31.4 Å². The van der Waals surface area contributed by atoms with Crippen molar-refractivity contribution in [3.05, 3.63) is 35.9 Å². The van der Waals surface area contributed by atoms with Gasteiger partial charge in [-0.25, -0.2) is 0 Å². The Kier molecular flexibility index (Phi) is 6.05. The van der Waals surface area contributed by atoms with Crippen LogP contribution in [0.5, 0.6) is 0 Å². The van der Waals surface area contributed by atoms with Gasteiger partial charge in [-0.3, -0.25) is 0 Å². The quantitative estimate of drug-likeness (QED) is 0.738. The van der Waals surface area contributed by atoms with E-state index in [1.54, 1.807) is 0 Å². The number of aliphatic hydroxyl groups excluding tert-OH is 1. The first kappa shape index (κ1) is 12.2. The zero-order valence-electron chi connectivity index (χ0n) is 9.45. The average molecular weight is 207 g/mol. The van der Waals surface area contributed by atoms with Crippen molar-refractivity contribution in [1.29, 1.82) is 0 Å². The summed E-state index contributed by atoms with van der Waals surface area (Å²) in [5, 5.41) is 11.9. The molecule has 2 N–H and O–H groups in total. The Labute approximate surface area is 92.3 Å². The van der Waals surface area contributed by atoms with Crippen LogP contribution in [0.4, 0.5) is 0 Å². The van der Waals surface area contributed by atoms with Crippen molar-refractivity contribution >= 4 is 0 Å². The molecule has 2 heteroatoms. The molecule has 1 saturated heterocycles. The minimum absolute atomic E-state index is 0.0752. The number of rotatable bonds is 1. The molecule has 0 bridgehead atoms. The van der Waals surface area contributed by atoms with E-state index in [-0.39, 0.29) is 6.10 Å². The Morgan fingerprint density at radius 1 is 1.33 bits per heavy atom. The van der Waals surface area contributed by atoms with E-state index in [0.717, 1.165) is 32.4 Å². The van der Waals surface area contributed by atoms with Gasteiger partial charge >= 0.3 is 0 Å². The predicted molar refractivity (Wildman–Crippen MR) is 63.9 cm³/mol. The van der Waals surface area contributed by atoms with Gasteiger partial charge in [0, 0.05) is 6.54 Å². The van der Waals surface area contributed by atoms with Gasteiger partial charge in [0.15, 0.2) is 0 Å². The second-order valence-corrected chi connectivity index (χ2v) is 3.84. The highest BCUT2D eigenvalue weighted by Gasteiger charge is 2.06. The van der Waals surface area contributed by atoms with Crippen molar-refractivity contribution < 1.29 is 5.11 Å². The molecule has 15 heavy (non-hydrogen) atoms. The van der Waals surface area contributed by atoms with Crippen LogP contribution in [0.3, 0.4) is 0 Å². The molecule has 0 radical (unpaired) electrons. The smallest absolute Gasteiger partial charge is 0.0665 e. The van der Waals surface area contributed by atoms with Crippen LogP contribution < -0.4 is 5.32 Å². The Morgan fingerprint density at radius 3 is 2.40 bits per heavy atom. The lowest BCUT2D eigenvalue weighted by atomic mass is 10.1. The highest BCUT2D eigenvalue weighted by Crippen LogP contribution is 1.98. The molecule has 0 amide bonds. The molecule has 1 aliphatic rings. The number of aliphatic hydroxyl groups is 1. The fourth-order valence-corrected chi connectivity index (χ4v) is 1.55. The molecule has 84 valence electrons. The van der Waals surface area contributed by atoms with Gasteiger partial charge in [-0.15, -0.1) is 0 Å². The summed E-state index contributed by atoms with van der Waals surface area (Å²) in [7, 11) is 0. The maximum absolute atomic E-state index is 8.85. The molecule has 1 aliphatic heterocycles. The summed E-state index contributed by atoms with van der Waals surface area (Å²) < 4.78 is 0. The molecule has 1 aromatic carbocycles. The van der Waals surface area contributed by atoms with Crippen molar-refractivity contribution in [1.82, 2.24) is 5.32 Å². The van der Waals surface area contributed by atoms with Gasteiger partial charge in [-0.1, -0.05) is 37.3 Å².